The first-order valence-electron chi connectivity index (χ1n) is 6.67. The Balaban J connectivity index is 2.18. The van der Waals surface area contributed by atoms with Crippen LogP contribution >= 0.6 is 0 Å². The van der Waals surface area contributed by atoms with E-state index in [9.17, 15) is 13.2 Å². The minimum Gasteiger partial charge on any atom is -0.348 e. The number of carbonyl (C=O) groups is 1. The number of hydrogen-bond acceptors (Lipinski definition) is 4. The number of nitrogens with one attached hydrogen (secondary N) is 2. The first-order chi connectivity index (χ1) is 9.29. The van der Waals surface area contributed by atoms with Crippen LogP contribution in [0.5, 0.6) is 0 Å². The van der Waals surface area contributed by atoms with E-state index >= 15 is 0 Å². The van der Waals surface area contributed by atoms with Gasteiger partial charge in [0.05, 0.1) is 5.69 Å². The van der Waals surface area contributed by atoms with Crippen molar-refractivity contribution < 1.29 is 13.2 Å². The lowest BCUT2D eigenvalue weighted by Gasteiger charge is -2.27. The zero-order valence-corrected chi connectivity index (χ0v) is 12.5. The summed E-state index contributed by atoms with van der Waals surface area (Å²) < 4.78 is 23.0. The Labute approximate surface area is 118 Å². The summed E-state index contributed by atoms with van der Waals surface area (Å²) in [5.41, 5.74) is 0.123. The van der Waals surface area contributed by atoms with E-state index in [0.29, 0.717) is 5.92 Å². The van der Waals surface area contributed by atoms with Crippen molar-refractivity contribution >= 4 is 15.9 Å². The molecule has 8 heteroatoms. The van der Waals surface area contributed by atoms with E-state index in [1.54, 1.807) is 0 Å². The third kappa shape index (κ3) is 3.18. The van der Waals surface area contributed by atoms with Crippen molar-refractivity contribution in [3.8, 4) is 0 Å². The van der Waals surface area contributed by atoms with E-state index in [1.807, 2.05) is 0 Å². The number of hydrogen-bond donors (Lipinski definition) is 3. The first kappa shape index (κ1) is 15.0. The van der Waals surface area contributed by atoms with Gasteiger partial charge in [-0.05, 0) is 25.7 Å². The fourth-order valence-corrected chi connectivity index (χ4v) is 3.62. The maximum Gasteiger partial charge on any atom is 0.273 e. The van der Waals surface area contributed by atoms with E-state index in [1.165, 1.54) is 6.92 Å². The molecule has 0 saturated heterocycles. The topological polar surface area (TPSA) is 118 Å². The van der Waals surface area contributed by atoms with Gasteiger partial charge in [0.1, 0.15) is 4.90 Å². The van der Waals surface area contributed by atoms with Crippen LogP contribution in [0.4, 0.5) is 0 Å². The normalized spacial score (nSPS) is 23.6. The molecular weight excluding hydrogens is 280 g/mol. The minimum atomic E-state index is -3.97. The molecule has 1 saturated carbocycles. The Kier molecular flexibility index (Phi) is 4.14. The fraction of sp³-hybridized carbons (Fsp3) is 0.667. The molecule has 20 heavy (non-hydrogen) atoms. The highest BCUT2D eigenvalue weighted by molar-refractivity contribution is 7.89. The lowest BCUT2D eigenvalue weighted by Crippen LogP contribution is -2.38. The molecule has 4 N–H and O–H groups in total. The van der Waals surface area contributed by atoms with Crippen molar-refractivity contribution in [2.75, 3.05) is 0 Å². The van der Waals surface area contributed by atoms with Gasteiger partial charge in [-0.1, -0.05) is 19.8 Å². The molecule has 0 spiro atoms. The second-order valence-electron chi connectivity index (χ2n) is 5.51. The summed E-state index contributed by atoms with van der Waals surface area (Å²) in [6.07, 6.45) is 4.04. The van der Waals surface area contributed by atoms with Gasteiger partial charge in [-0.2, -0.15) is 5.10 Å². The van der Waals surface area contributed by atoms with Crippen LogP contribution in [0.2, 0.25) is 0 Å². The fourth-order valence-electron chi connectivity index (χ4n) is 2.74. The standard InChI is InChI=1S/C12H20N4O3S/c1-7-4-3-5-9(6-7)14-12(17)10-11(20(13,18)19)8(2)15-16-10/h7,9H,3-6H2,1-2H3,(H,14,17)(H,15,16)(H2,13,18,19). The molecule has 1 fully saturated rings. The van der Waals surface area contributed by atoms with Crippen LogP contribution in [-0.4, -0.2) is 30.6 Å². The average Bonchev–Trinajstić information content (AvgIpc) is 2.71. The van der Waals surface area contributed by atoms with E-state index in [4.69, 9.17) is 5.14 Å². The number of primary sulfonamides is 1. The molecule has 0 bridgehead atoms. The summed E-state index contributed by atoms with van der Waals surface area (Å²) in [7, 11) is -3.97. The van der Waals surface area contributed by atoms with Crippen LogP contribution in [-0.2, 0) is 10.0 Å². The number of aryl methyl sites for hydroxylation is 1. The Morgan fingerprint density at radius 2 is 2.15 bits per heavy atom. The Morgan fingerprint density at radius 1 is 1.45 bits per heavy atom. The third-order valence-corrected chi connectivity index (χ3v) is 4.73. The predicted octanol–water partition coefficient (Wildman–Crippen LogP) is 0.674. The molecule has 1 amide bonds. The maximum atomic E-state index is 12.2. The number of amides is 1. The monoisotopic (exact) mass is 300 g/mol. The van der Waals surface area contributed by atoms with Gasteiger partial charge in [0.2, 0.25) is 10.0 Å². The minimum absolute atomic E-state index is 0.0663. The highest BCUT2D eigenvalue weighted by atomic mass is 32.2. The molecule has 1 aliphatic rings. The number of sulfonamides is 1. The van der Waals surface area contributed by atoms with Gasteiger partial charge in [0, 0.05) is 6.04 Å². The molecule has 1 heterocycles. The van der Waals surface area contributed by atoms with Crippen LogP contribution in [0, 0.1) is 12.8 Å². The molecule has 2 rings (SSSR count). The quantitative estimate of drug-likeness (QED) is 0.760. The van der Waals surface area contributed by atoms with Crippen LogP contribution < -0.4 is 10.5 Å². The zero-order chi connectivity index (χ0) is 14.9. The molecule has 1 aromatic heterocycles. The van der Waals surface area contributed by atoms with E-state index in [0.717, 1.165) is 25.7 Å². The summed E-state index contributed by atoms with van der Waals surface area (Å²) in [5.74, 6) is 0.0742. The lowest BCUT2D eigenvalue weighted by atomic mass is 9.87. The number of rotatable bonds is 3. The highest BCUT2D eigenvalue weighted by Gasteiger charge is 2.28. The molecule has 112 valence electrons. The van der Waals surface area contributed by atoms with Gasteiger partial charge < -0.3 is 5.32 Å². The van der Waals surface area contributed by atoms with Crippen molar-refractivity contribution in [1.82, 2.24) is 15.5 Å². The number of carbonyl (C=O) groups excluding carboxylic acids is 1. The van der Waals surface area contributed by atoms with Crippen LogP contribution in [0.25, 0.3) is 0 Å². The van der Waals surface area contributed by atoms with Crippen molar-refractivity contribution in [2.24, 2.45) is 11.1 Å². The zero-order valence-electron chi connectivity index (χ0n) is 11.6. The van der Waals surface area contributed by atoms with E-state index < -0.39 is 15.9 Å². The van der Waals surface area contributed by atoms with E-state index in [2.05, 4.69) is 22.4 Å². The Hall–Kier alpha value is -1.41. The molecule has 2 atom stereocenters. The molecule has 1 aromatic rings. The summed E-state index contributed by atoms with van der Waals surface area (Å²) in [6, 6.07) is 0.0663. The van der Waals surface area contributed by atoms with Crippen LogP contribution in [0.1, 0.15) is 48.8 Å². The summed E-state index contributed by atoms with van der Waals surface area (Å²) >= 11 is 0. The van der Waals surface area contributed by atoms with Crippen LogP contribution in [0.3, 0.4) is 0 Å². The summed E-state index contributed by atoms with van der Waals surface area (Å²) in [6.45, 7) is 3.67. The molecule has 7 nitrogen and oxygen atoms in total. The van der Waals surface area contributed by atoms with Gasteiger partial charge in [0.25, 0.3) is 5.91 Å². The summed E-state index contributed by atoms with van der Waals surface area (Å²) in [4.78, 5) is 12.0. The van der Waals surface area contributed by atoms with Gasteiger partial charge in [-0.3, -0.25) is 9.89 Å². The van der Waals surface area contributed by atoms with Crippen molar-refractivity contribution in [3.05, 3.63) is 11.4 Å². The van der Waals surface area contributed by atoms with Gasteiger partial charge in [-0.15, -0.1) is 0 Å². The molecule has 0 radical (unpaired) electrons. The average molecular weight is 300 g/mol. The molecule has 0 aromatic carbocycles. The third-order valence-electron chi connectivity index (χ3n) is 3.66. The van der Waals surface area contributed by atoms with Gasteiger partial charge in [-0.25, -0.2) is 13.6 Å². The smallest absolute Gasteiger partial charge is 0.273 e. The van der Waals surface area contributed by atoms with Crippen molar-refractivity contribution in [1.29, 1.82) is 0 Å². The number of aromatic nitrogens is 2. The second kappa shape index (κ2) is 5.53. The number of nitrogens with zero attached hydrogens (tertiary/aromatic N) is 1. The Bertz CT molecular complexity index is 608. The van der Waals surface area contributed by atoms with Crippen molar-refractivity contribution in [2.45, 2.75) is 50.5 Å². The maximum absolute atomic E-state index is 12.2. The largest absolute Gasteiger partial charge is 0.348 e. The number of nitrogens with two attached hydrogens (primary N) is 1. The SMILES string of the molecule is Cc1[nH]nc(C(=O)NC2CCCC(C)C2)c1S(N)(=O)=O. The molecular formula is C12H20N4O3S. The first-order valence-corrected chi connectivity index (χ1v) is 8.22. The number of H-pyrrole nitrogens is 1. The Morgan fingerprint density at radius 3 is 2.75 bits per heavy atom. The predicted molar refractivity (Wildman–Crippen MR) is 73.6 cm³/mol. The number of aromatic amines is 1. The molecule has 2 unspecified atom stereocenters. The lowest BCUT2D eigenvalue weighted by molar-refractivity contribution is 0.0913. The highest BCUT2D eigenvalue weighted by Crippen LogP contribution is 2.24. The summed E-state index contributed by atoms with van der Waals surface area (Å²) in [5, 5.41) is 14.2. The second-order valence-corrected chi connectivity index (χ2v) is 7.01. The van der Waals surface area contributed by atoms with E-state index in [-0.39, 0.29) is 22.3 Å². The molecule has 1 aliphatic carbocycles. The van der Waals surface area contributed by atoms with Crippen molar-refractivity contribution in [3.63, 3.8) is 0 Å². The van der Waals surface area contributed by atoms with Crippen LogP contribution in [0.15, 0.2) is 4.90 Å². The van der Waals surface area contributed by atoms with Gasteiger partial charge in [0.15, 0.2) is 5.69 Å². The van der Waals surface area contributed by atoms with Gasteiger partial charge >= 0.3 is 0 Å². The molecule has 0 aliphatic heterocycles.